The van der Waals surface area contributed by atoms with Crippen LogP contribution in [0.3, 0.4) is 0 Å². The molecular formula is C12H14F2N2O4. The van der Waals surface area contributed by atoms with Crippen molar-refractivity contribution in [3.8, 4) is 0 Å². The number of halogens is 2. The Morgan fingerprint density at radius 1 is 1.40 bits per heavy atom. The molecule has 0 aliphatic rings. The summed E-state index contributed by atoms with van der Waals surface area (Å²) in [4.78, 5) is 21.1. The first-order valence-electron chi connectivity index (χ1n) is 5.65. The van der Waals surface area contributed by atoms with Gasteiger partial charge in [-0.25, -0.2) is 4.39 Å². The van der Waals surface area contributed by atoms with Crippen LogP contribution < -0.4 is 5.32 Å². The minimum Gasteiger partial charge on any atom is -0.468 e. The van der Waals surface area contributed by atoms with Crippen molar-refractivity contribution in [3.63, 3.8) is 0 Å². The Balaban J connectivity index is 2.96. The predicted molar refractivity (Wildman–Crippen MR) is 65.9 cm³/mol. The van der Waals surface area contributed by atoms with Gasteiger partial charge in [-0.1, -0.05) is 0 Å². The van der Waals surface area contributed by atoms with Crippen molar-refractivity contribution in [1.29, 1.82) is 0 Å². The number of hydrogen-bond acceptors (Lipinski definition) is 5. The second-order valence-corrected chi connectivity index (χ2v) is 4.62. The van der Waals surface area contributed by atoms with Crippen LogP contribution in [-0.4, -0.2) is 23.5 Å². The van der Waals surface area contributed by atoms with E-state index in [1.165, 1.54) is 21.0 Å². The van der Waals surface area contributed by atoms with Crippen molar-refractivity contribution >= 4 is 11.7 Å². The topological polar surface area (TPSA) is 81.5 Å². The Morgan fingerprint density at radius 2 is 2.00 bits per heavy atom. The third-order valence-corrected chi connectivity index (χ3v) is 2.73. The van der Waals surface area contributed by atoms with Crippen LogP contribution in [0.2, 0.25) is 0 Å². The average molecular weight is 288 g/mol. The number of ether oxygens (including phenoxy) is 1. The molecule has 1 aromatic carbocycles. The zero-order chi connectivity index (χ0) is 15.5. The summed E-state index contributed by atoms with van der Waals surface area (Å²) in [7, 11) is 1.20. The van der Waals surface area contributed by atoms with Gasteiger partial charge in [0.05, 0.1) is 12.0 Å². The summed E-state index contributed by atoms with van der Waals surface area (Å²) < 4.78 is 31.2. The summed E-state index contributed by atoms with van der Waals surface area (Å²) in [6.45, 7) is 2.83. The first-order chi connectivity index (χ1) is 9.19. The number of hydrogen-bond donors (Lipinski definition) is 1. The molecule has 1 rings (SSSR count). The first-order valence-corrected chi connectivity index (χ1v) is 5.65. The molecule has 110 valence electrons. The highest BCUT2D eigenvalue weighted by molar-refractivity contribution is 5.79. The molecule has 0 fully saturated rings. The maximum atomic E-state index is 13.5. The van der Waals surface area contributed by atoms with E-state index in [-0.39, 0.29) is 12.1 Å². The van der Waals surface area contributed by atoms with Gasteiger partial charge in [-0.3, -0.25) is 20.2 Å². The second kappa shape index (κ2) is 5.91. The fourth-order valence-corrected chi connectivity index (χ4v) is 1.50. The van der Waals surface area contributed by atoms with Gasteiger partial charge in [0.2, 0.25) is 5.82 Å². The minimum atomic E-state index is -1.25. The highest BCUT2D eigenvalue weighted by atomic mass is 19.1. The Hall–Kier alpha value is -2.09. The molecule has 0 heterocycles. The maximum absolute atomic E-state index is 13.5. The Bertz CT molecular complexity index is 547. The lowest BCUT2D eigenvalue weighted by atomic mass is 10.1. The van der Waals surface area contributed by atoms with E-state index in [1.54, 1.807) is 0 Å². The van der Waals surface area contributed by atoms with E-state index in [4.69, 9.17) is 0 Å². The summed E-state index contributed by atoms with van der Waals surface area (Å²) in [6.07, 6.45) is 0. The standard InChI is InChI=1S/C12H14F2N2O4/c1-12(2,11(17)20-3)15-6-7-4-10(16(18)19)9(14)5-8(7)13/h4-5,15H,6H2,1-3H3. The van der Waals surface area contributed by atoms with Gasteiger partial charge < -0.3 is 4.74 Å². The number of nitro benzene ring substituents is 1. The number of nitro groups is 1. The lowest BCUT2D eigenvalue weighted by Crippen LogP contribution is -2.47. The minimum absolute atomic E-state index is 0.116. The van der Waals surface area contributed by atoms with E-state index < -0.39 is 33.8 Å². The summed E-state index contributed by atoms with van der Waals surface area (Å²) in [5.41, 5.74) is -2.04. The summed E-state index contributed by atoms with van der Waals surface area (Å²) in [6, 6.07) is 1.24. The van der Waals surface area contributed by atoms with E-state index in [2.05, 4.69) is 10.1 Å². The molecule has 1 aromatic rings. The molecule has 20 heavy (non-hydrogen) atoms. The molecule has 0 aliphatic carbocycles. The van der Waals surface area contributed by atoms with E-state index >= 15 is 0 Å². The molecule has 6 nitrogen and oxygen atoms in total. The van der Waals surface area contributed by atoms with Crippen LogP contribution in [0.1, 0.15) is 19.4 Å². The van der Waals surface area contributed by atoms with Crippen molar-refractivity contribution in [2.45, 2.75) is 25.9 Å². The highest BCUT2D eigenvalue weighted by Gasteiger charge is 2.28. The van der Waals surface area contributed by atoms with Crippen molar-refractivity contribution in [2.24, 2.45) is 0 Å². The van der Waals surface area contributed by atoms with Crippen LogP contribution in [0.15, 0.2) is 12.1 Å². The van der Waals surface area contributed by atoms with Crippen molar-refractivity contribution < 1.29 is 23.2 Å². The Kier molecular flexibility index (Phi) is 4.72. The normalized spacial score (nSPS) is 11.2. The number of methoxy groups -OCH3 is 1. The molecule has 0 unspecified atom stereocenters. The number of nitrogens with zero attached hydrogens (tertiary/aromatic N) is 1. The molecule has 0 saturated heterocycles. The highest BCUT2D eigenvalue weighted by Crippen LogP contribution is 2.22. The van der Waals surface area contributed by atoms with Gasteiger partial charge in [0.1, 0.15) is 11.4 Å². The molecule has 0 aromatic heterocycles. The Morgan fingerprint density at radius 3 is 2.50 bits per heavy atom. The largest absolute Gasteiger partial charge is 0.468 e. The number of benzene rings is 1. The molecule has 0 bridgehead atoms. The molecule has 0 radical (unpaired) electrons. The van der Waals surface area contributed by atoms with Crippen molar-refractivity contribution in [3.05, 3.63) is 39.4 Å². The smallest absolute Gasteiger partial charge is 0.325 e. The van der Waals surface area contributed by atoms with Gasteiger partial charge >= 0.3 is 11.7 Å². The van der Waals surface area contributed by atoms with Crippen LogP contribution in [0.5, 0.6) is 0 Å². The van der Waals surface area contributed by atoms with Gasteiger partial charge in [0, 0.05) is 24.2 Å². The SMILES string of the molecule is COC(=O)C(C)(C)NCc1cc([N+](=O)[O-])c(F)cc1F. The zero-order valence-electron chi connectivity index (χ0n) is 11.2. The third kappa shape index (κ3) is 3.47. The van der Waals surface area contributed by atoms with Crippen LogP contribution in [0.25, 0.3) is 0 Å². The zero-order valence-corrected chi connectivity index (χ0v) is 11.2. The van der Waals surface area contributed by atoms with Gasteiger partial charge in [-0.05, 0) is 13.8 Å². The van der Waals surface area contributed by atoms with Gasteiger partial charge in [0.25, 0.3) is 0 Å². The van der Waals surface area contributed by atoms with Crippen LogP contribution >= 0.6 is 0 Å². The molecule has 8 heteroatoms. The predicted octanol–water partition coefficient (Wildman–Crippen LogP) is 1.91. The first kappa shape index (κ1) is 16.0. The van der Waals surface area contributed by atoms with Crippen LogP contribution in [0.4, 0.5) is 14.5 Å². The summed E-state index contributed by atoms with van der Waals surface area (Å²) >= 11 is 0. The third-order valence-electron chi connectivity index (χ3n) is 2.73. The van der Waals surface area contributed by atoms with Gasteiger partial charge in [0.15, 0.2) is 0 Å². The van der Waals surface area contributed by atoms with E-state index in [9.17, 15) is 23.7 Å². The van der Waals surface area contributed by atoms with Gasteiger partial charge in [-0.2, -0.15) is 4.39 Å². The van der Waals surface area contributed by atoms with E-state index in [0.29, 0.717) is 6.07 Å². The number of carbonyl (C=O) groups excluding carboxylic acids is 1. The van der Waals surface area contributed by atoms with Gasteiger partial charge in [-0.15, -0.1) is 0 Å². The molecule has 0 amide bonds. The van der Waals surface area contributed by atoms with Crippen LogP contribution in [0, 0.1) is 21.7 Å². The van der Waals surface area contributed by atoms with Crippen LogP contribution in [-0.2, 0) is 16.1 Å². The maximum Gasteiger partial charge on any atom is 0.325 e. The van der Waals surface area contributed by atoms with E-state index in [1.807, 2.05) is 0 Å². The summed E-state index contributed by atoms with van der Waals surface area (Å²) in [5.74, 6) is -2.75. The van der Waals surface area contributed by atoms with Crippen molar-refractivity contribution in [2.75, 3.05) is 7.11 Å². The number of nitrogens with one attached hydrogen (secondary N) is 1. The number of rotatable bonds is 5. The molecule has 0 aliphatic heterocycles. The number of esters is 1. The van der Waals surface area contributed by atoms with E-state index in [0.717, 1.165) is 6.07 Å². The molecule has 1 N–H and O–H groups in total. The molecule has 0 spiro atoms. The number of carbonyl (C=O) groups is 1. The fourth-order valence-electron chi connectivity index (χ4n) is 1.50. The molecule has 0 atom stereocenters. The second-order valence-electron chi connectivity index (χ2n) is 4.62. The fraction of sp³-hybridized carbons (Fsp3) is 0.417. The average Bonchev–Trinajstić information content (AvgIpc) is 2.36. The Labute approximate surface area is 113 Å². The molecule has 0 saturated carbocycles. The quantitative estimate of drug-likeness (QED) is 0.508. The van der Waals surface area contributed by atoms with Crippen molar-refractivity contribution in [1.82, 2.24) is 5.32 Å². The molecular weight excluding hydrogens is 274 g/mol. The lowest BCUT2D eigenvalue weighted by Gasteiger charge is -2.23. The summed E-state index contributed by atoms with van der Waals surface area (Å²) in [5, 5.41) is 13.3. The lowest BCUT2D eigenvalue weighted by molar-refractivity contribution is -0.387. The monoisotopic (exact) mass is 288 g/mol.